The molecule has 0 spiro atoms. The summed E-state index contributed by atoms with van der Waals surface area (Å²) in [7, 11) is 0. The quantitative estimate of drug-likeness (QED) is 0.201. The molecule has 4 atom stereocenters. The number of carboxylic acids is 1. The number of rotatable bonds is 6. The van der Waals surface area contributed by atoms with Gasteiger partial charge in [-0.05, 0) is 65.4 Å². The summed E-state index contributed by atoms with van der Waals surface area (Å²) < 4.78 is 0. The van der Waals surface area contributed by atoms with Crippen LogP contribution in [0.15, 0.2) is 133 Å². The number of carbonyl (C=O) groups excluding carboxylic acids is 3. The molecule has 6 nitrogen and oxygen atoms in total. The molecule has 1 heterocycles. The van der Waals surface area contributed by atoms with Crippen molar-refractivity contribution in [2.75, 3.05) is 4.90 Å². The van der Waals surface area contributed by atoms with Crippen LogP contribution in [0, 0.1) is 25.7 Å². The summed E-state index contributed by atoms with van der Waals surface area (Å²) in [6, 6.07) is 40.6. The van der Waals surface area contributed by atoms with E-state index < -0.39 is 40.4 Å². The molecule has 8 rings (SSSR count). The van der Waals surface area contributed by atoms with Gasteiger partial charge in [0.05, 0.1) is 33.9 Å². The number of carbonyl (C=O) groups is 4. The average molecular weight is 630 g/mol. The van der Waals surface area contributed by atoms with Gasteiger partial charge in [-0.25, -0.2) is 9.69 Å². The first-order valence-corrected chi connectivity index (χ1v) is 16.0. The molecule has 3 aliphatic rings. The molecule has 0 unspecified atom stereocenters. The topological polar surface area (TPSA) is 91.8 Å². The maximum atomic E-state index is 16.0. The van der Waals surface area contributed by atoms with Crippen molar-refractivity contribution in [3.8, 4) is 0 Å². The zero-order valence-electron chi connectivity index (χ0n) is 26.4. The first-order valence-electron chi connectivity index (χ1n) is 16.0. The molecule has 6 heteroatoms. The van der Waals surface area contributed by atoms with Gasteiger partial charge in [-0.3, -0.25) is 14.4 Å². The Morgan fingerprint density at radius 2 is 1.02 bits per heavy atom. The average Bonchev–Trinajstić information content (AvgIpc) is 3.62. The predicted molar refractivity (Wildman–Crippen MR) is 183 cm³/mol. The Hall–Kier alpha value is -5.88. The largest absolute Gasteiger partial charge is 0.478 e. The molecule has 0 aromatic heterocycles. The molecule has 0 radical (unpaired) electrons. The van der Waals surface area contributed by atoms with Crippen LogP contribution in [0.1, 0.15) is 43.7 Å². The minimum Gasteiger partial charge on any atom is -0.478 e. The number of hydrogen-bond donors (Lipinski definition) is 1. The lowest BCUT2D eigenvalue weighted by atomic mass is 9.59. The minimum atomic E-state index is -1.52. The van der Waals surface area contributed by atoms with Crippen molar-refractivity contribution in [2.45, 2.75) is 24.7 Å². The van der Waals surface area contributed by atoms with E-state index in [0.717, 1.165) is 38.3 Å². The number of benzene rings is 5. The van der Waals surface area contributed by atoms with E-state index in [1.807, 2.05) is 123 Å². The Bertz CT molecular complexity index is 2060. The molecule has 2 bridgehead atoms. The number of hydrogen-bond acceptors (Lipinski definition) is 4. The number of allylic oxidation sites excluding steroid dienone is 2. The smallest absolute Gasteiger partial charge is 0.335 e. The molecule has 1 aliphatic heterocycles. The Morgan fingerprint density at radius 1 is 0.583 bits per heavy atom. The van der Waals surface area contributed by atoms with Gasteiger partial charge in [0.15, 0.2) is 5.78 Å². The van der Waals surface area contributed by atoms with Crippen LogP contribution in [-0.2, 0) is 25.2 Å². The van der Waals surface area contributed by atoms with Crippen LogP contribution < -0.4 is 4.90 Å². The maximum Gasteiger partial charge on any atom is 0.335 e. The molecular formula is C42H31NO5. The highest BCUT2D eigenvalue weighted by Crippen LogP contribution is 2.74. The van der Waals surface area contributed by atoms with Gasteiger partial charge < -0.3 is 5.11 Å². The third kappa shape index (κ3) is 3.74. The van der Waals surface area contributed by atoms with E-state index in [1.54, 1.807) is 6.07 Å². The van der Waals surface area contributed by atoms with Crippen LogP contribution in [0.4, 0.5) is 5.69 Å². The van der Waals surface area contributed by atoms with Crippen LogP contribution in [0.25, 0.3) is 11.1 Å². The summed E-state index contributed by atoms with van der Waals surface area (Å²) in [5.41, 5.74) is 3.50. The van der Waals surface area contributed by atoms with Gasteiger partial charge in [-0.2, -0.15) is 0 Å². The Labute approximate surface area is 278 Å². The second-order valence-electron chi connectivity index (χ2n) is 13.0. The summed E-state index contributed by atoms with van der Waals surface area (Å²) in [5.74, 6) is -4.57. The van der Waals surface area contributed by atoms with E-state index in [0.29, 0.717) is 11.1 Å². The van der Waals surface area contributed by atoms with Gasteiger partial charge >= 0.3 is 5.97 Å². The van der Waals surface area contributed by atoms with Crippen LogP contribution in [0.2, 0.25) is 0 Å². The van der Waals surface area contributed by atoms with Crippen molar-refractivity contribution in [2.24, 2.45) is 11.8 Å². The molecule has 2 amide bonds. The number of imide groups is 1. The summed E-state index contributed by atoms with van der Waals surface area (Å²) in [5, 5.41) is 9.77. The third-order valence-corrected chi connectivity index (χ3v) is 10.5. The van der Waals surface area contributed by atoms with Gasteiger partial charge in [-0.1, -0.05) is 126 Å². The first-order chi connectivity index (χ1) is 23.2. The van der Waals surface area contributed by atoms with E-state index >= 15 is 14.4 Å². The van der Waals surface area contributed by atoms with Crippen molar-refractivity contribution in [3.05, 3.63) is 172 Å². The first kappa shape index (κ1) is 29.5. The molecule has 1 N–H and O–H groups in total. The van der Waals surface area contributed by atoms with Crippen molar-refractivity contribution in [1.82, 2.24) is 0 Å². The highest BCUT2D eigenvalue weighted by atomic mass is 16.4. The fraction of sp³-hybridized carbons (Fsp3) is 0.143. The summed E-state index contributed by atoms with van der Waals surface area (Å²) >= 11 is 0. The lowest BCUT2D eigenvalue weighted by Gasteiger charge is -2.39. The SMILES string of the molecule is Cc1ccc(C2=C(c3ccc(C)cc3)[C@@]3(c4ccccc4)C(=O)[C@]2(c2ccccc2)[C@H]2C(=O)N(c4cccc(C(=O)O)c4)C(=O)[C@@H]23)cc1. The molecule has 2 fully saturated rings. The number of anilines is 1. The van der Waals surface area contributed by atoms with Crippen LogP contribution >= 0.6 is 0 Å². The number of amides is 2. The number of Topliss-reactive ketones (excluding diaryl/α,β-unsaturated/α-hetero) is 1. The molecule has 234 valence electrons. The molecule has 5 aromatic rings. The number of ketones is 1. The second kappa shape index (κ2) is 10.6. The number of nitrogens with zero attached hydrogens (tertiary/aromatic N) is 1. The Morgan fingerprint density at radius 3 is 1.44 bits per heavy atom. The summed E-state index contributed by atoms with van der Waals surface area (Å²) in [4.78, 5) is 59.2. The molecule has 1 saturated carbocycles. The molecular weight excluding hydrogens is 598 g/mol. The fourth-order valence-electron chi connectivity index (χ4n) is 8.60. The van der Waals surface area contributed by atoms with Gasteiger partial charge in [0.2, 0.25) is 11.8 Å². The van der Waals surface area contributed by atoms with Gasteiger partial charge in [0.1, 0.15) is 0 Å². The van der Waals surface area contributed by atoms with E-state index in [-0.39, 0.29) is 17.0 Å². The van der Waals surface area contributed by atoms with Gasteiger partial charge in [0.25, 0.3) is 0 Å². The number of fused-ring (bicyclic) bond motifs is 5. The fourth-order valence-corrected chi connectivity index (χ4v) is 8.60. The lowest BCUT2D eigenvalue weighted by Crippen LogP contribution is -2.45. The monoisotopic (exact) mass is 629 g/mol. The van der Waals surface area contributed by atoms with E-state index in [2.05, 4.69) is 0 Å². The highest BCUT2D eigenvalue weighted by Gasteiger charge is 2.82. The third-order valence-electron chi connectivity index (χ3n) is 10.5. The summed E-state index contributed by atoms with van der Waals surface area (Å²) in [6.45, 7) is 4.00. The van der Waals surface area contributed by atoms with E-state index in [1.165, 1.54) is 18.2 Å². The molecule has 1 saturated heterocycles. The Kier molecular flexibility index (Phi) is 6.50. The van der Waals surface area contributed by atoms with Crippen molar-refractivity contribution < 1.29 is 24.3 Å². The van der Waals surface area contributed by atoms with Crippen molar-refractivity contribution in [3.63, 3.8) is 0 Å². The maximum absolute atomic E-state index is 16.0. The van der Waals surface area contributed by atoms with Crippen LogP contribution in [0.3, 0.4) is 0 Å². The van der Waals surface area contributed by atoms with Crippen LogP contribution in [-0.4, -0.2) is 28.7 Å². The zero-order valence-corrected chi connectivity index (χ0v) is 26.4. The zero-order chi connectivity index (χ0) is 33.4. The number of aryl methyl sites for hydroxylation is 2. The van der Waals surface area contributed by atoms with Gasteiger partial charge in [0, 0.05) is 0 Å². The number of carboxylic acid groups (broad SMARTS) is 1. The number of aromatic carboxylic acids is 1. The minimum absolute atomic E-state index is 0.0430. The highest BCUT2D eigenvalue weighted by molar-refractivity contribution is 6.39. The molecule has 2 aliphatic carbocycles. The van der Waals surface area contributed by atoms with Crippen molar-refractivity contribution >= 4 is 40.4 Å². The predicted octanol–water partition coefficient (Wildman–Crippen LogP) is 7.19. The van der Waals surface area contributed by atoms with Crippen molar-refractivity contribution in [1.29, 1.82) is 0 Å². The van der Waals surface area contributed by atoms with Crippen LogP contribution in [0.5, 0.6) is 0 Å². The lowest BCUT2D eigenvalue weighted by molar-refractivity contribution is -0.130. The standard InChI is InChI=1S/C42H31NO5/c1-25-16-20-27(21-17-25)33-34(28-22-18-26(2)19-23-28)42(31-13-7-4-8-14-31)36-35(41(33,40(42)48)30-11-5-3-6-12-30)37(44)43(38(36)45)32-15-9-10-29(24-32)39(46)47/h3-24,35-36H,1-2H3,(H,46,47)/t35-,36-,41-,42+/m1/s1. The van der Waals surface area contributed by atoms with E-state index in [9.17, 15) is 9.90 Å². The normalized spacial score (nSPS) is 24.4. The second-order valence-corrected chi connectivity index (χ2v) is 13.0. The Balaban J connectivity index is 1.54. The van der Waals surface area contributed by atoms with E-state index in [4.69, 9.17) is 0 Å². The molecule has 5 aromatic carbocycles. The summed E-state index contributed by atoms with van der Waals surface area (Å²) in [6.07, 6.45) is 0. The van der Waals surface area contributed by atoms with Gasteiger partial charge in [-0.15, -0.1) is 0 Å². The molecule has 48 heavy (non-hydrogen) atoms.